The molecule has 0 radical (unpaired) electrons. The van der Waals surface area contributed by atoms with Crippen LogP contribution in [0.4, 0.5) is 5.69 Å². The van der Waals surface area contributed by atoms with Gasteiger partial charge in [-0.15, -0.1) is 0 Å². The first-order chi connectivity index (χ1) is 9.97. The predicted molar refractivity (Wildman–Crippen MR) is 88.0 cm³/mol. The van der Waals surface area contributed by atoms with E-state index < -0.39 is 0 Å². The molecule has 2 atom stereocenters. The Morgan fingerprint density at radius 1 is 1.24 bits per heavy atom. The van der Waals surface area contributed by atoms with E-state index in [1.54, 1.807) is 14.2 Å². The molecule has 5 heteroatoms. The Morgan fingerprint density at radius 2 is 1.90 bits per heavy atom. The van der Waals surface area contributed by atoms with E-state index in [2.05, 4.69) is 31.0 Å². The fourth-order valence-electron chi connectivity index (χ4n) is 2.74. The summed E-state index contributed by atoms with van der Waals surface area (Å²) >= 11 is 6.30. The second-order valence-corrected chi connectivity index (χ2v) is 6.33. The number of hydrogen-bond donors (Lipinski definition) is 1. The van der Waals surface area contributed by atoms with Gasteiger partial charge in [-0.05, 0) is 18.9 Å². The Bertz CT molecular complexity index is 493. The maximum atomic E-state index is 6.30. The SMILES string of the molecule is COc1cc(OC)c(N2CC(C(C)C)NCC2C)cc1Cl. The molecule has 1 fully saturated rings. The van der Waals surface area contributed by atoms with Crippen LogP contribution in [0.2, 0.25) is 5.02 Å². The Morgan fingerprint density at radius 3 is 2.48 bits per heavy atom. The zero-order valence-corrected chi connectivity index (χ0v) is 14.2. The summed E-state index contributed by atoms with van der Waals surface area (Å²) in [5.74, 6) is 2.02. The molecule has 0 aromatic heterocycles. The molecule has 0 saturated carbocycles. The lowest BCUT2D eigenvalue weighted by molar-refractivity contribution is 0.332. The molecule has 0 spiro atoms. The quantitative estimate of drug-likeness (QED) is 0.926. The lowest BCUT2D eigenvalue weighted by Crippen LogP contribution is -2.57. The number of piperazine rings is 1. The van der Waals surface area contributed by atoms with E-state index in [-0.39, 0.29) is 0 Å². The summed E-state index contributed by atoms with van der Waals surface area (Å²) in [6.07, 6.45) is 0. The van der Waals surface area contributed by atoms with Crippen molar-refractivity contribution in [1.29, 1.82) is 0 Å². The van der Waals surface area contributed by atoms with Gasteiger partial charge in [0, 0.05) is 31.2 Å². The van der Waals surface area contributed by atoms with Gasteiger partial charge in [-0.3, -0.25) is 0 Å². The second-order valence-electron chi connectivity index (χ2n) is 5.92. The summed E-state index contributed by atoms with van der Waals surface area (Å²) in [6.45, 7) is 8.59. The molecule has 1 N–H and O–H groups in total. The van der Waals surface area contributed by atoms with Crippen LogP contribution in [0.5, 0.6) is 11.5 Å². The molecule has 118 valence electrons. The van der Waals surface area contributed by atoms with E-state index in [4.69, 9.17) is 21.1 Å². The molecule has 1 aliphatic heterocycles. The Balaban J connectivity index is 2.36. The average Bonchev–Trinajstić information content (AvgIpc) is 2.47. The van der Waals surface area contributed by atoms with Crippen molar-refractivity contribution in [1.82, 2.24) is 5.32 Å². The predicted octanol–water partition coefficient (Wildman–Crippen LogP) is 3.18. The highest BCUT2D eigenvalue weighted by Crippen LogP contribution is 2.39. The monoisotopic (exact) mass is 312 g/mol. The number of hydrogen-bond acceptors (Lipinski definition) is 4. The third-order valence-electron chi connectivity index (χ3n) is 4.17. The molecule has 1 saturated heterocycles. The average molecular weight is 313 g/mol. The van der Waals surface area contributed by atoms with Crippen molar-refractivity contribution in [3.8, 4) is 11.5 Å². The Labute approximate surface area is 132 Å². The van der Waals surface area contributed by atoms with Gasteiger partial charge in [0.1, 0.15) is 11.5 Å². The first kappa shape index (κ1) is 16.2. The molecule has 0 bridgehead atoms. The van der Waals surface area contributed by atoms with Crippen LogP contribution in [0, 0.1) is 5.92 Å². The van der Waals surface area contributed by atoms with E-state index in [1.165, 1.54) is 0 Å². The minimum absolute atomic E-state index is 0.387. The minimum Gasteiger partial charge on any atom is -0.495 e. The summed E-state index contributed by atoms with van der Waals surface area (Å²) in [5.41, 5.74) is 1.03. The number of halogens is 1. The van der Waals surface area contributed by atoms with Gasteiger partial charge >= 0.3 is 0 Å². The van der Waals surface area contributed by atoms with Crippen molar-refractivity contribution in [2.75, 3.05) is 32.2 Å². The number of ether oxygens (including phenoxy) is 2. The first-order valence-corrected chi connectivity index (χ1v) is 7.77. The highest BCUT2D eigenvalue weighted by molar-refractivity contribution is 6.32. The summed E-state index contributed by atoms with van der Waals surface area (Å²) in [5, 5.41) is 4.21. The fourth-order valence-corrected chi connectivity index (χ4v) is 2.97. The van der Waals surface area contributed by atoms with Gasteiger partial charge in [0.25, 0.3) is 0 Å². The van der Waals surface area contributed by atoms with Crippen LogP contribution in [0.15, 0.2) is 12.1 Å². The molecule has 1 aliphatic rings. The molecular formula is C16H25ClN2O2. The third kappa shape index (κ3) is 3.38. The number of nitrogens with one attached hydrogen (secondary N) is 1. The minimum atomic E-state index is 0.387. The zero-order valence-electron chi connectivity index (χ0n) is 13.4. The number of benzene rings is 1. The summed E-state index contributed by atoms with van der Waals surface area (Å²) in [7, 11) is 3.29. The molecule has 0 aliphatic carbocycles. The fraction of sp³-hybridized carbons (Fsp3) is 0.625. The van der Waals surface area contributed by atoms with E-state index in [9.17, 15) is 0 Å². The van der Waals surface area contributed by atoms with Crippen molar-refractivity contribution in [3.05, 3.63) is 17.2 Å². The zero-order chi connectivity index (χ0) is 15.6. The van der Waals surface area contributed by atoms with Gasteiger partial charge < -0.3 is 19.7 Å². The first-order valence-electron chi connectivity index (χ1n) is 7.39. The van der Waals surface area contributed by atoms with Crippen LogP contribution >= 0.6 is 11.6 Å². The molecule has 4 nitrogen and oxygen atoms in total. The molecule has 1 aromatic rings. The maximum Gasteiger partial charge on any atom is 0.145 e. The van der Waals surface area contributed by atoms with Crippen molar-refractivity contribution in [2.24, 2.45) is 5.92 Å². The third-order valence-corrected chi connectivity index (χ3v) is 4.46. The number of anilines is 1. The van der Waals surface area contributed by atoms with Crippen LogP contribution in [0.25, 0.3) is 0 Å². The van der Waals surface area contributed by atoms with E-state index in [1.807, 2.05) is 12.1 Å². The lowest BCUT2D eigenvalue weighted by Gasteiger charge is -2.42. The normalized spacial score (nSPS) is 22.5. The Hall–Kier alpha value is -1.13. The number of rotatable bonds is 4. The van der Waals surface area contributed by atoms with Gasteiger partial charge in [0.2, 0.25) is 0 Å². The summed E-state index contributed by atoms with van der Waals surface area (Å²) in [4.78, 5) is 2.37. The molecule has 0 amide bonds. The van der Waals surface area contributed by atoms with Crippen molar-refractivity contribution in [3.63, 3.8) is 0 Å². The summed E-state index contributed by atoms with van der Waals surface area (Å²) < 4.78 is 10.8. The van der Waals surface area contributed by atoms with E-state index in [0.29, 0.717) is 28.8 Å². The van der Waals surface area contributed by atoms with E-state index in [0.717, 1.165) is 24.5 Å². The van der Waals surface area contributed by atoms with Gasteiger partial charge in [-0.2, -0.15) is 0 Å². The van der Waals surface area contributed by atoms with E-state index >= 15 is 0 Å². The highest BCUT2D eigenvalue weighted by atomic mass is 35.5. The second kappa shape index (κ2) is 6.75. The molecule has 2 unspecified atom stereocenters. The molecule has 1 heterocycles. The van der Waals surface area contributed by atoms with Crippen LogP contribution in [-0.4, -0.2) is 39.4 Å². The Kier molecular flexibility index (Phi) is 5.22. The molecule has 1 aromatic carbocycles. The van der Waals surface area contributed by atoms with Crippen molar-refractivity contribution in [2.45, 2.75) is 32.9 Å². The highest BCUT2D eigenvalue weighted by Gasteiger charge is 2.29. The van der Waals surface area contributed by atoms with Crippen molar-refractivity contribution >= 4 is 17.3 Å². The largest absolute Gasteiger partial charge is 0.495 e. The van der Waals surface area contributed by atoms with Gasteiger partial charge in [-0.25, -0.2) is 0 Å². The topological polar surface area (TPSA) is 33.7 Å². The van der Waals surface area contributed by atoms with Crippen LogP contribution in [-0.2, 0) is 0 Å². The number of methoxy groups -OCH3 is 2. The smallest absolute Gasteiger partial charge is 0.145 e. The van der Waals surface area contributed by atoms with Gasteiger partial charge in [0.15, 0.2) is 0 Å². The molecular weight excluding hydrogens is 288 g/mol. The number of nitrogens with zero attached hydrogens (tertiary/aromatic N) is 1. The molecule has 2 rings (SSSR count). The standard InChI is InChI=1S/C16H25ClN2O2/c1-10(2)13-9-19(11(3)8-18-13)14-6-12(17)15(20-4)7-16(14)21-5/h6-7,10-11,13,18H,8-9H2,1-5H3. The lowest BCUT2D eigenvalue weighted by atomic mass is 9.99. The molecule has 21 heavy (non-hydrogen) atoms. The van der Waals surface area contributed by atoms with Crippen LogP contribution < -0.4 is 19.7 Å². The van der Waals surface area contributed by atoms with Gasteiger partial charge in [-0.1, -0.05) is 25.4 Å². The van der Waals surface area contributed by atoms with Crippen LogP contribution in [0.1, 0.15) is 20.8 Å². The van der Waals surface area contributed by atoms with Crippen molar-refractivity contribution < 1.29 is 9.47 Å². The van der Waals surface area contributed by atoms with Gasteiger partial charge in [0.05, 0.1) is 24.9 Å². The maximum absolute atomic E-state index is 6.30. The van der Waals surface area contributed by atoms with Crippen LogP contribution in [0.3, 0.4) is 0 Å². The summed E-state index contributed by atoms with van der Waals surface area (Å²) in [6, 6.07) is 4.65.